The molecule has 246 valence electrons. The monoisotopic (exact) mass is 684 g/mol. The zero-order valence-electron chi connectivity index (χ0n) is 28.5. The quantitative estimate of drug-likeness (QED) is 0.170. The molecule has 0 N–H and O–H groups in total. The molecule has 0 saturated heterocycles. The van der Waals surface area contributed by atoms with Crippen LogP contribution in [0.5, 0.6) is 0 Å². The van der Waals surface area contributed by atoms with Crippen LogP contribution in [0, 0.1) is 68.0 Å². The highest BCUT2D eigenvalue weighted by Gasteiger charge is 2.30. The Labute approximate surface area is 312 Å². The highest BCUT2D eigenvalue weighted by atomic mass is 14.3. The van der Waals surface area contributed by atoms with E-state index in [4.69, 9.17) is 0 Å². The zero-order chi connectivity index (χ0) is 37.6. The number of benzene rings is 7. The summed E-state index contributed by atoms with van der Waals surface area (Å²) in [6.45, 7) is 0. The summed E-state index contributed by atoms with van der Waals surface area (Å²) < 4.78 is 0. The summed E-state index contributed by atoms with van der Waals surface area (Å²) in [5.74, 6) is 0. The third-order valence-electron chi connectivity index (χ3n) is 9.18. The Kier molecular flexibility index (Phi) is 9.28. The first kappa shape index (κ1) is 34.0. The van der Waals surface area contributed by atoms with Crippen LogP contribution in [0.15, 0.2) is 146 Å². The first-order valence-electron chi connectivity index (χ1n) is 16.8. The Morgan fingerprint density at radius 2 is 0.370 bits per heavy atom. The molecule has 7 aromatic rings. The lowest BCUT2D eigenvalue weighted by molar-refractivity contribution is 1.45. The minimum atomic E-state index is 0.424. The lowest BCUT2D eigenvalue weighted by atomic mass is 9.73. The van der Waals surface area contributed by atoms with E-state index in [-0.39, 0.29) is 0 Å². The van der Waals surface area contributed by atoms with Crippen molar-refractivity contribution in [1.29, 1.82) is 31.6 Å². The van der Waals surface area contributed by atoms with Crippen molar-refractivity contribution in [2.75, 3.05) is 0 Å². The van der Waals surface area contributed by atoms with E-state index in [9.17, 15) is 31.6 Å². The van der Waals surface area contributed by atoms with Crippen molar-refractivity contribution in [1.82, 2.24) is 0 Å². The normalized spacial score (nSPS) is 10.1. The van der Waals surface area contributed by atoms with Gasteiger partial charge in [0.05, 0.1) is 69.8 Å². The molecule has 0 bridgehead atoms. The fourth-order valence-corrected chi connectivity index (χ4v) is 6.95. The summed E-state index contributed by atoms with van der Waals surface area (Å²) in [7, 11) is 0. The standard InChI is InChI=1S/C48H24N6/c49-25-31-7-1-13-37(19-31)43-44(38-14-2-8-32(20-38)26-50)46(40-16-4-10-34(22-40)28-52)48(42-18-6-12-36(24-42)30-54)47(41-17-5-11-35(23-41)29-53)45(43)39-15-3-9-33(21-39)27-51/h1-24H. The molecule has 0 spiro atoms. The van der Waals surface area contributed by atoms with Crippen molar-refractivity contribution >= 4 is 0 Å². The number of hydrogen-bond donors (Lipinski definition) is 0. The fraction of sp³-hybridized carbons (Fsp3) is 0. The van der Waals surface area contributed by atoms with Gasteiger partial charge in [-0.1, -0.05) is 72.8 Å². The number of nitriles is 6. The van der Waals surface area contributed by atoms with Gasteiger partial charge in [0.1, 0.15) is 0 Å². The third kappa shape index (κ3) is 6.31. The molecule has 54 heavy (non-hydrogen) atoms. The summed E-state index contributed by atoms with van der Waals surface area (Å²) in [6.07, 6.45) is 0. The van der Waals surface area contributed by atoms with Crippen molar-refractivity contribution in [3.8, 4) is 103 Å². The molecule has 0 aliphatic carbocycles. The van der Waals surface area contributed by atoms with Gasteiger partial charge in [-0.3, -0.25) is 0 Å². The first-order chi connectivity index (χ1) is 26.5. The van der Waals surface area contributed by atoms with Gasteiger partial charge in [0.2, 0.25) is 0 Å². The predicted molar refractivity (Wildman–Crippen MR) is 207 cm³/mol. The van der Waals surface area contributed by atoms with E-state index < -0.39 is 0 Å². The number of nitrogens with zero attached hydrogens (tertiary/aromatic N) is 6. The second-order valence-electron chi connectivity index (χ2n) is 12.4. The molecule has 0 unspecified atom stereocenters. The lowest BCUT2D eigenvalue weighted by Crippen LogP contribution is -2.03. The Morgan fingerprint density at radius 3 is 0.500 bits per heavy atom. The molecule has 0 amide bonds. The molecule has 7 rings (SSSR count). The van der Waals surface area contributed by atoms with E-state index in [0.717, 1.165) is 0 Å². The van der Waals surface area contributed by atoms with Crippen LogP contribution in [0.3, 0.4) is 0 Å². The molecule has 0 aromatic heterocycles. The van der Waals surface area contributed by atoms with Gasteiger partial charge in [-0.25, -0.2) is 0 Å². The second kappa shape index (κ2) is 14.8. The minimum absolute atomic E-state index is 0.424. The average molecular weight is 685 g/mol. The number of hydrogen-bond acceptors (Lipinski definition) is 6. The second-order valence-corrected chi connectivity index (χ2v) is 12.4. The fourth-order valence-electron chi connectivity index (χ4n) is 6.95. The van der Waals surface area contributed by atoms with Gasteiger partial charge in [-0.15, -0.1) is 0 Å². The van der Waals surface area contributed by atoms with Crippen LogP contribution < -0.4 is 0 Å². The molecule has 0 aliphatic heterocycles. The molecule has 6 nitrogen and oxygen atoms in total. The maximum Gasteiger partial charge on any atom is 0.0991 e. The maximum absolute atomic E-state index is 10.1. The van der Waals surface area contributed by atoms with Crippen LogP contribution in [-0.2, 0) is 0 Å². The van der Waals surface area contributed by atoms with Crippen LogP contribution in [-0.4, -0.2) is 0 Å². The molecule has 0 fully saturated rings. The van der Waals surface area contributed by atoms with Crippen LogP contribution in [0.2, 0.25) is 0 Å². The zero-order valence-corrected chi connectivity index (χ0v) is 28.5. The van der Waals surface area contributed by atoms with Gasteiger partial charge in [-0.2, -0.15) is 31.6 Å². The smallest absolute Gasteiger partial charge is 0.0991 e. The summed E-state index contributed by atoms with van der Waals surface area (Å²) >= 11 is 0. The van der Waals surface area contributed by atoms with Crippen molar-refractivity contribution in [3.05, 3.63) is 179 Å². The minimum Gasteiger partial charge on any atom is -0.192 e. The van der Waals surface area contributed by atoms with Crippen LogP contribution in [0.1, 0.15) is 33.4 Å². The van der Waals surface area contributed by atoms with Gasteiger partial charge in [0.15, 0.2) is 0 Å². The van der Waals surface area contributed by atoms with Crippen molar-refractivity contribution in [3.63, 3.8) is 0 Å². The molecule has 0 aliphatic rings. The summed E-state index contributed by atoms with van der Waals surface area (Å²) in [5, 5.41) is 60.8. The van der Waals surface area contributed by atoms with Crippen molar-refractivity contribution in [2.24, 2.45) is 0 Å². The molecule has 0 radical (unpaired) electrons. The van der Waals surface area contributed by atoms with E-state index in [1.165, 1.54) is 0 Å². The Balaban J connectivity index is 1.89. The van der Waals surface area contributed by atoms with E-state index in [2.05, 4.69) is 36.4 Å². The Hall–Kier alpha value is -8.52. The molecular formula is C48H24N6. The summed E-state index contributed by atoms with van der Waals surface area (Å²) in [4.78, 5) is 0. The first-order valence-corrected chi connectivity index (χ1v) is 16.8. The molecular weight excluding hydrogens is 661 g/mol. The SMILES string of the molecule is N#Cc1cccc(-c2c(-c3cccc(C#N)c3)c(-c3cccc(C#N)c3)c(-c3cccc(C#N)c3)c(-c3cccc(C#N)c3)c2-c2cccc(C#N)c2)c1. The highest BCUT2D eigenvalue weighted by molar-refractivity contribution is 6.15. The van der Waals surface area contributed by atoms with Crippen LogP contribution in [0.25, 0.3) is 66.8 Å². The van der Waals surface area contributed by atoms with Crippen molar-refractivity contribution < 1.29 is 0 Å². The molecule has 6 heteroatoms. The summed E-state index contributed by atoms with van der Waals surface area (Å²) in [5.41, 5.74) is 10.9. The third-order valence-corrected chi connectivity index (χ3v) is 9.18. The van der Waals surface area contributed by atoms with E-state index in [0.29, 0.717) is 100 Å². The topological polar surface area (TPSA) is 143 Å². The maximum atomic E-state index is 10.1. The summed E-state index contributed by atoms with van der Waals surface area (Å²) in [6, 6.07) is 57.3. The Bertz CT molecular complexity index is 2380. The largest absolute Gasteiger partial charge is 0.192 e. The molecule has 0 heterocycles. The van der Waals surface area contributed by atoms with Gasteiger partial charge in [0, 0.05) is 0 Å². The van der Waals surface area contributed by atoms with E-state index in [1.54, 1.807) is 36.4 Å². The van der Waals surface area contributed by atoms with Gasteiger partial charge < -0.3 is 0 Å². The molecule has 7 aromatic carbocycles. The van der Waals surface area contributed by atoms with Gasteiger partial charge in [-0.05, 0) is 140 Å². The van der Waals surface area contributed by atoms with E-state index in [1.807, 2.05) is 109 Å². The lowest BCUT2D eigenvalue weighted by Gasteiger charge is -2.29. The highest BCUT2D eigenvalue weighted by Crippen LogP contribution is 2.56. The number of rotatable bonds is 6. The molecule has 0 atom stereocenters. The van der Waals surface area contributed by atoms with E-state index >= 15 is 0 Å². The van der Waals surface area contributed by atoms with Gasteiger partial charge in [0.25, 0.3) is 0 Å². The van der Waals surface area contributed by atoms with Crippen molar-refractivity contribution in [2.45, 2.75) is 0 Å². The molecule has 0 saturated carbocycles. The van der Waals surface area contributed by atoms with Gasteiger partial charge >= 0.3 is 0 Å². The van der Waals surface area contributed by atoms with Crippen LogP contribution >= 0.6 is 0 Å². The van der Waals surface area contributed by atoms with Crippen LogP contribution in [0.4, 0.5) is 0 Å². The average Bonchev–Trinajstić information content (AvgIpc) is 3.25. The predicted octanol–water partition coefficient (Wildman–Crippen LogP) is 10.9. The Morgan fingerprint density at radius 1 is 0.222 bits per heavy atom.